The van der Waals surface area contributed by atoms with Crippen molar-refractivity contribution in [2.24, 2.45) is 0 Å². The number of aromatic carboxylic acids is 2. The van der Waals surface area contributed by atoms with Crippen molar-refractivity contribution < 1.29 is 19.8 Å². The number of rotatable bonds is 2. The lowest BCUT2D eigenvalue weighted by molar-refractivity contribution is 0.0682. The highest BCUT2D eigenvalue weighted by Gasteiger charge is 2.35. The minimum Gasteiger partial charge on any atom is -0.478 e. The van der Waals surface area contributed by atoms with Gasteiger partial charge >= 0.3 is 11.9 Å². The van der Waals surface area contributed by atoms with Crippen molar-refractivity contribution in [2.45, 2.75) is 72.6 Å². The summed E-state index contributed by atoms with van der Waals surface area (Å²) in [5.41, 5.74) is 8.79. The van der Waals surface area contributed by atoms with E-state index in [1.807, 2.05) is 0 Å². The van der Waals surface area contributed by atoms with E-state index in [0.717, 1.165) is 44.5 Å². The fourth-order valence-electron chi connectivity index (χ4n) is 5.46. The molecule has 0 saturated heterocycles. The van der Waals surface area contributed by atoms with Gasteiger partial charge < -0.3 is 10.2 Å². The Bertz CT molecular complexity index is 1290. The second-order valence-electron chi connectivity index (χ2n) is 11.9. The molecule has 0 spiro atoms. The van der Waals surface area contributed by atoms with Gasteiger partial charge in [-0.05, 0) is 76.6 Å². The van der Waals surface area contributed by atoms with Crippen LogP contribution in [0.15, 0.2) is 36.4 Å². The van der Waals surface area contributed by atoms with Gasteiger partial charge in [-0.2, -0.15) is 0 Å². The second-order valence-corrected chi connectivity index (χ2v) is 11.9. The molecular formula is C31H34O4. The summed E-state index contributed by atoms with van der Waals surface area (Å²) in [7, 11) is 0. The minimum atomic E-state index is -1.06. The van der Waals surface area contributed by atoms with Gasteiger partial charge in [-0.3, -0.25) is 0 Å². The minimum absolute atomic E-state index is 0.133. The summed E-state index contributed by atoms with van der Waals surface area (Å²) in [5.74, 6) is -2.12. The maximum Gasteiger partial charge on any atom is 0.336 e. The van der Waals surface area contributed by atoms with Gasteiger partial charge in [0.05, 0.1) is 11.1 Å². The fraction of sp³-hybridized carbons (Fsp3) is 0.355. The van der Waals surface area contributed by atoms with Crippen LogP contribution in [0.1, 0.15) is 95.6 Å². The molecule has 0 radical (unpaired) electrons. The number of benzene rings is 3. The van der Waals surface area contributed by atoms with Crippen LogP contribution in [0.2, 0.25) is 0 Å². The van der Waals surface area contributed by atoms with Crippen LogP contribution in [0.25, 0.3) is 22.3 Å². The summed E-state index contributed by atoms with van der Waals surface area (Å²) in [6.07, 6.45) is 0.604. The lowest BCUT2D eigenvalue weighted by Crippen LogP contribution is -2.17. The van der Waals surface area contributed by atoms with Gasteiger partial charge in [-0.15, -0.1) is 0 Å². The van der Waals surface area contributed by atoms with E-state index in [2.05, 4.69) is 79.7 Å². The molecule has 4 nitrogen and oxygen atoms in total. The molecule has 0 aromatic heterocycles. The normalized spacial score (nSPS) is 12.9. The number of fused-ring (bicyclic) bond motifs is 5. The van der Waals surface area contributed by atoms with Crippen LogP contribution in [-0.2, 0) is 17.3 Å². The lowest BCUT2D eigenvalue weighted by Gasteiger charge is -2.29. The van der Waals surface area contributed by atoms with Gasteiger partial charge in [-0.1, -0.05) is 76.9 Å². The van der Waals surface area contributed by atoms with E-state index in [0.29, 0.717) is 17.5 Å². The van der Waals surface area contributed by atoms with Crippen molar-refractivity contribution in [3.63, 3.8) is 0 Å². The Kier molecular flexibility index (Phi) is 5.71. The largest absolute Gasteiger partial charge is 0.478 e. The monoisotopic (exact) mass is 470 g/mol. The van der Waals surface area contributed by atoms with Gasteiger partial charge in [0, 0.05) is 11.1 Å². The standard InChI is InChI=1S/C31H34O4/c1-16-11-18-15-19-12-17(2)14-23(31(6,7)8)25(19)27-21(29(34)35)10-9-20(28(32)33)26(27)24(18)22(13-16)30(3,4)5/h9-14H,15H2,1-8H3,(H,32,33)(H,34,35). The summed E-state index contributed by atoms with van der Waals surface area (Å²) >= 11 is 0. The second kappa shape index (κ2) is 8.08. The first-order chi connectivity index (χ1) is 16.1. The number of carbonyl (C=O) groups is 2. The van der Waals surface area contributed by atoms with Crippen molar-refractivity contribution in [3.05, 3.63) is 80.9 Å². The Balaban J connectivity index is 2.38. The molecule has 1 aliphatic rings. The molecule has 0 saturated carbocycles. The predicted molar refractivity (Wildman–Crippen MR) is 141 cm³/mol. The van der Waals surface area contributed by atoms with Crippen LogP contribution in [0.5, 0.6) is 0 Å². The number of hydrogen-bond acceptors (Lipinski definition) is 2. The zero-order valence-corrected chi connectivity index (χ0v) is 21.9. The molecule has 2 N–H and O–H groups in total. The summed E-state index contributed by atoms with van der Waals surface area (Å²) in [5, 5.41) is 20.6. The van der Waals surface area contributed by atoms with Crippen molar-refractivity contribution in [1.29, 1.82) is 0 Å². The Hall–Kier alpha value is -3.40. The Morgan fingerprint density at radius 1 is 0.629 bits per heavy atom. The molecule has 0 bridgehead atoms. The molecule has 0 amide bonds. The molecule has 0 unspecified atom stereocenters. The molecule has 4 heteroatoms. The summed E-state index contributed by atoms with van der Waals surface area (Å²) < 4.78 is 0. The number of aryl methyl sites for hydroxylation is 2. The molecule has 1 aliphatic carbocycles. The van der Waals surface area contributed by atoms with E-state index in [4.69, 9.17) is 0 Å². The average Bonchev–Trinajstić information content (AvgIpc) is 2.84. The molecule has 0 aliphatic heterocycles. The zero-order chi connectivity index (χ0) is 26.0. The first-order valence-electron chi connectivity index (χ1n) is 12.0. The van der Waals surface area contributed by atoms with Crippen LogP contribution in [0.4, 0.5) is 0 Å². The smallest absolute Gasteiger partial charge is 0.336 e. The maximum atomic E-state index is 12.6. The van der Waals surface area contributed by atoms with E-state index in [1.165, 1.54) is 12.1 Å². The molecule has 35 heavy (non-hydrogen) atoms. The molecule has 4 rings (SSSR count). The molecule has 182 valence electrons. The third kappa shape index (κ3) is 4.16. The first kappa shape index (κ1) is 24.7. The molecule has 0 fully saturated rings. The maximum absolute atomic E-state index is 12.6. The molecule has 3 aromatic carbocycles. The van der Waals surface area contributed by atoms with Crippen LogP contribution >= 0.6 is 0 Å². The third-order valence-electron chi connectivity index (χ3n) is 6.89. The summed E-state index contributed by atoms with van der Waals surface area (Å²) in [6, 6.07) is 11.4. The number of hydrogen-bond donors (Lipinski definition) is 2. The van der Waals surface area contributed by atoms with E-state index in [-0.39, 0.29) is 22.0 Å². The summed E-state index contributed by atoms with van der Waals surface area (Å²) in [6.45, 7) is 16.8. The molecule has 0 atom stereocenters. The molecular weight excluding hydrogens is 436 g/mol. The molecule has 0 heterocycles. The Morgan fingerprint density at radius 2 is 0.971 bits per heavy atom. The van der Waals surface area contributed by atoms with Crippen LogP contribution in [0.3, 0.4) is 0 Å². The van der Waals surface area contributed by atoms with E-state index < -0.39 is 11.9 Å². The zero-order valence-electron chi connectivity index (χ0n) is 21.9. The predicted octanol–water partition coefficient (Wildman–Crippen LogP) is 7.53. The van der Waals surface area contributed by atoms with E-state index in [1.54, 1.807) is 0 Å². The third-order valence-corrected chi connectivity index (χ3v) is 6.89. The number of carboxylic acids is 2. The quantitative estimate of drug-likeness (QED) is 0.317. The summed E-state index contributed by atoms with van der Waals surface area (Å²) in [4.78, 5) is 25.2. The van der Waals surface area contributed by atoms with Crippen LogP contribution in [0, 0.1) is 13.8 Å². The van der Waals surface area contributed by atoms with Crippen LogP contribution < -0.4 is 0 Å². The van der Waals surface area contributed by atoms with Gasteiger partial charge in [0.2, 0.25) is 0 Å². The van der Waals surface area contributed by atoms with Gasteiger partial charge in [-0.25, -0.2) is 9.59 Å². The topological polar surface area (TPSA) is 74.6 Å². The highest BCUT2D eigenvalue weighted by atomic mass is 16.4. The Labute approximate surface area is 207 Å². The van der Waals surface area contributed by atoms with Crippen molar-refractivity contribution >= 4 is 11.9 Å². The Morgan fingerprint density at radius 3 is 1.26 bits per heavy atom. The SMILES string of the molecule is Cc1cc2c(c(C(C)(C)C)c1)-c1c(C(=O)O)ccc(C(=O)O)c1-c1c(cc(C)cc1C(C)(C)C)C2. The van der Waals surface area contributed by atoms with E-state index >= 15 is 0 Å². The highest BCUT2D eigenvalue weighted by Crippen LogP contribution is 2.51. The van der Waals surface area contributed by atoms with Crippen LogP contribution in [-0.4, -0.2) is 22.2 Å². The van der Waals surface area contributed by atoms with Crippen molar-refractivity contribution in [2.75, 3.05) is 0 Å². The lowest BCUT2D eigenvalue weighted by atomic mass is 9.75. The molecule has 3 aromatic rings. The highest BCUT2D eigenvalue weighted by molar-refractivity contribution is 6.10. The first-order valence-corrected chi connectivity index (χ1v) is 12.0. The van der Waals surface area contributed by atoms with Gasteiger partial charge in [0.1, 0.15) is 0 Å². The fourth-order valence-corrected chi connectivity index (χ4v) is 5.46. The van der Waals surface area contributed by atoms with Gasteiger partial charge in [0.25, 0.3) is 0 Å². The van der Waals surface area contributed by atoms with Crippen molar-refractivity contribution in [1.82, 2.24) is 0 Å². The van der Waals surface area contributed by atoms with Gasteiger partial charge in [0.15, 0.2) is 0 Å². The van der Waals surface area contributed by atoms with Crippen molar-refractivity contribution in [3.8, 4) is 22.3 Å². The van der Waals surface area contributed by atoms with E-state index in [9.17, 15) is 19.8 Å². The average molecular weight is 471 g/mol. The number of carboxylic acid groups (broad SMARTS) is 2.